The van der Waals surface area contributed by atoms with E-state index in [0.29, 0.717) is 0 Å². The molecule has 2 amide bonds. The van der Waals surface area contributed by atoms with Crippen molar-refractivity contribution in [1.82, 2.24) is 0 Å². The third-order valence-corrected chi connectivity index (χ3v) is 6.39. The quantitative estimate of drug-likeness (QED) is 0.247. The van der Waals surface area contributed by atoms with Crippen LogP contribution < -0.4 is 62.1 Å². The Hall–Kier alpha value is -2.11. The maximum absolute atomic E-state index is 12.8. The van der Waals surface area contributed by atoms with E-state index in [-0.39, 0.29) is 67.7 Å². The maximum atomic E-state index is 12.8. The summed E-state index contributed by atoms with van der Waals surface area (Å²) < 4.78 is 57.0. The minimum atomic E-state index is -4.69. The molecule has 1 aliphatic rings. The molecular weight excluding hydrogens is 501 g/mol. The first-order chi connectivity index (χ1) is 14.9. The third kappa shape index (κ3) is 6.07. The van der Waals surface area contributed by atoms with Gasteiger partial charge in [-0.1, -0.05) is 12.6 Å². The number of carbonyl (C=O) groups excluding carboxylic acids is 2. The number of anilines is 1. The van der Waals surface area contributed by atoms with Gasteiger partial charge in [0.2, 0.25) is 6.04 Å². The largest absolute Gasteiger partial charge is 1.00 e. The molecule has 0 saturated heterocycles. The third-order valence-electron chi connectivity index (χ3n) is 4.19. The Morgan fingerprint density at radius 2 is 1.76 bits per heavy atom. The first-order valence-corrected chi connectivity index (χ1v) is 11.6. The molecule has 2 N–H and O–H groups in total. The van der Waals surface area contributed by atoms with E-state index in [0.717, 1.165) is 34.7 Å². The minimum Gasteiger partial charge on any atom is -0.744 e. The predicted octanol–water partition coefficient (Wildman–Crippen LogP) is -2.15. The van der Waals surface area contributed by atoms with Gasteiger partial charge in [-0.2, -0.15) is 20.3 Å². The van der Waals surface area contributed by atoms with Crippen molar-refractivity contribution >= 4 is 48.9 Å². The second-order valence-electron chi connectivity index (χ2n) is 6.27. The summed E-state index contributed by atoms with van der Waals surface area (Å²) in [4.78, 5) is 23.9. The maximum Gasteiger partial charge on any atom is 1.00 e. The van der Waals surface area contributed by atoms with E-state index in [1.165, 1.54) is 24.3 Å². The van der Waals surface area contributed by atoms with Gasteiger partial charge in [-0.25, -0.2) is 16.8 Å². The molecule has 1 atom stereocenters. The molecule has 1 unspecified atom stereocenters. The molecule has 1 heterocycles. The monoisotopic (exact) mass is 515 g/mol. The molecule has 0 fully saturated rings. The number of sulfone groups is 1. The minimum absolute atomic E-state index is 0. The molecule has 0 bridgehead atoms. The predicted molar refractivity (Wildman–Crippen MR) is 111 cm³/mol. The summed E-state index contributed by atoms with van der Waals surface area (Å²) in [5, 5.41) is 13.0. The summed E-state index contributed by atoms with van der Waals surface area (Å²) in [6.45, 7) is 3.23. The van der Waals surface area contributed by atoms with Crippen LogP contribution in [-0.2, 0) is 29.5 Å². The van der Waals surface area contributed by atoms with Crippen molar-refractivity contribution in [3.8, 4) is 0 Å². The van der Waals surface area contributed by atoms with Gasteiger partial charge in [-0.05, 0) is 42.5 Å². The van der Waals surface area contributed by atoms with Gasteiger partial charge in [0.1, 0.15) is 10.1 Å². The number of rotatable bonds is 7. The van der Waals surface area contributed by atoms with Crippen molar-refractivity contribution in [2.75, 3.05) is 5.01 Å². The van der Waals surface area contributed by atoms with E-state index in [4.69, 9.17) is 5.73 Å². The van der Waals surface area contributed by atoms with Gasteiger partial charge in [0.25, 0.3) is 11.8 Å². The Bertz CT molecular complexity index is 1390. The number of hydrogen-bond donors (Lipinski definition) is 1. The fourth-order valence-corrected chi connectivity index (χ4v) is 3.83. The van der Waals surface area contributed by atoms with Gasteiger partial charge in [-0.15, -0.1) is 0 Å². The van der Waals surface area contributed by atoms with Crippen molar-refractivity contribution in [2.24, 2.45) is 21.1 Å². The molecular formula is C18H14KN5O7S2. The number of primary amides is 1. The Kier molecular flexibility index (Phi) is 8.58. The fourth-order valence-electron chi connectivity index (χ4n) is 2.61. The van der Waals surface area contributed by atoms with Gasteiger partial charge in [-0.3, -0.25) is 9.59 Å². The van der Waals surface area contributed by atoms with Crippen LogP contribution in [0.4, 0.5) is 11.4 Å². The van der Waals surface area contributed by atoms with Gasteiger partial charge in [0.05, 0.1) is 21.2 Å². The Labute approximate surface area is 231 Å². The normalized spacial score (nSPS) is 16.4. The van der Waals surface area contributed by atoms with Crippen LogP contribution in [0.3, 0.4) is 0 Å². The number of carbonyl (C=O) groups is 2. The van der Waals surface area contributed by atoms with Gasteiger partial charge >= 0.3 is 51.4 Å². The van der Waals surface area contributed by atoms with Gasteiger partial charge < -0.3 is 10.3 Å². The number of nitrogens with two attached hydrogens (primary N) is 1. The van der Waals surface area contributed by atoms with Gasteiger partial charge in [0.15, 0.2) is 15.5 Å². The fraction of sp³-hybridized carbons (Fsp3) is 0.0556. The van der Waals surface area contributed by atoms with Crippen LogP contribution in [0.15, 0.2) is 85.6 Å². The average Bonchev–Trinajstić information content (AvgIpc) is 3.08. The summed E-state index contributed by atoms with van der Waals surface area (Å²) in [6.07, 6.45) is 0. The summed E-state index contributed by atoms with van der Waals surface area (Å²) in [5.41, 5.74) is 4.97. The van der Waals surface area contributed by atoms with E-state index in [1.807, 2.05) is 0 Å². The first kappa shape index (κ1) is 27.1. The van der Waals surface area contributed by atoms with Crippen LogP contribution in [0, 0.1) is 0 Å². The van der Waals surface area contributed by atoms with Crippen molar-refractivity contribution in [3.63, 3.8) is 0 Å². The molecule has 0 aromatic heterocycles. The standard InChI is InChI=1S/C18H15N5O7S2.K/c1-2-31(26,27)14-5-3-4-11(10-14)20-21-16-15(17(19)24)22-23(18(16)25)12-6-8-13(9-7-12)32(28,29)30;/h2-10,16H,1H2,(H2,19,24)(H,28,29,30);/q;+1/p-1. The first-order valence-electron chi connectivity index (χ1n) is 8.61. The van der Waals surface area contributed by atoms with E-state index in [1.54, 1.807) is 0 Å². The molecule has 0 spiro atoms. The molecule has 0 aliphatic carbocycles. The SMILES string of the molecule is C=CS(=O)(=O)c1cccc(N=NC2C(=O)N(c3ccc(S(=O)(=O)[O-])cc3)N=C2C(N)=O)c1.[K+]. The van der Waals surface area contributed by atoms with Crippen molar-refractivity contribution in [1.29, 1.82) is 0 Å². The average molecular weight is 516 g/mol. The number of azo groups is 1. The number of hydrogen-bond acceptors (Lipinski definition) is 10. The number of hydrazone groups is 1. The van der Waals surface area contributed by atoms with E-state index >= 15 is 0 Å². The summed E-state index contributed by atoms with van der Waals surface area (Å²) in [7, 11) is -8.42. The van der Waals surface area contributed by atoms with Crippen LogP contribution in [0.1, 0.15) is 0 Å². The molecule has 0 radical (unpaired) electrons. The van der Waals surface area contributed by atoms with Crippen LogP contribution in [0.5, 0.6) is 0 Å². The van der Waals surface area contributed by atoms with E-state index in [2.05, 4.69) is 21.9 Å². The number of amides is 2. The Morgan fingerprint density at radius 1 is 1.12 bits per heavy atom. The second-order valence-corrected chi connectivity index (χ2v) is 9.55. The molecule has 2 aromatic carbocycles. The van der Waals surface area contributed by atoms with Crippen molar-refractivity contribution < 1.29 is 82.4 Å². The van der Waals surface area contributed by atoms with Crippen LogP contribution in [0.25, 0.3) is 0 Å². The molecule has 1 aliphatic heterocycles. The molecule has 12 nitrogen and oxygen atoms in total. The second kappa shape index (κ2) is 10.4. The van der Waals surface area contributed by atoms with Gasteiger partial charge in [0, 0.05) is 5.41 Å². The van der Waals surface area contributed by atoms with Crippen molar-refractivity contribution in [2.45, 2.75) is 15.8 Å². The summed E-state index contributed by atoms with van der Waals surface area (Å²) in [5.74, 6) is -1.87. The topological polar surface area (TPSA) is 192 Å². The number of benzene rings is 2. The Morgan fingerprint density at radius 3 is 2.30 bits per heavy atom. The van der Waals surface area contributed by atoms with E-state index < -0.39 is 48.4 Å². The summed E-state index contributed by atoms with van der Waals surface area (Å²) >= 11 is 0. The van der Waals surface area contributed by atoms with Crippen molar-refractivity contribution in [3.05, 3.63) is 60.5 Å². The molecule has 15 heteroatoms. The molecule has 2 aromatic rings. The smallest absolute Gasteiger partial charge is 0.744 e. The molecule has 166 valence electrons. The van der Waals surface area contributed by atoms with E-state index in [9.17, 15) is 31.0 Å². The summed E-state index contributed by atoms with van der Waals surface area (Å²) in [6, 6.07) is 8.07. The zero-order valence-electron chi connectivity index (χ0n) is 17.0. The zero-order valence-corrected chi connectivity index (χ0v) is 21.8. The molecule has 3 rings (SSSR count). The Balaban J connectivity index is 0.00000385. The number of nitrogens with zero attached hydrogens (tertiary/aromatic N) is 4. The van der Waals surface area contributed by atoms with Crippen LogP contribution in [-0.4, -0.2) is 45.0 Å². The zero-order chi connectivity index (χ0) is 23.7. The molecule has 0 saturated carbocycles. The molecule has 33 heavy (non-hydrogen) atoms. The van der Waals surface area contributed by atoms with Crippen LogP contribution >= 0.6 is 0 Å². The van der Waals surface area contributed by atoms with Crippen LogP contribution in [0.2, 0.25) is 0 Å².